The fourth-order valence-electron chi connectivity index (χ4n) is 1.74. The second-order valence-electron chi connectivity index (χ2n) is 3.59. The number of Topliss-reactive ketones (excluding diaryl/α,β-unsaturated/α-hetero) is 1. The van der Waals surface area contributed by atoms with Crippen molar-refractivity contribution in [3.8, 4) is 5.75 Å². The van der Waals surface area contributed by atoms with Gasteiger partial charge >= 0.3 is 5.97 Å². The lowest BCUT2D eigenvalue weighted by atomic mass is 10.0. The third-order valence-corrected chi connectivity index (χ3v) is 2.67. The molecule has 0 saturated carbocycles. The van der Waals surface area contributed by atoms with Gasteiger partial charge in [0.1, 0.15) is 5.75 Å². The average Bonchev–Trinajstić information content (AvgIpc) is 2.75. The summed E-state index contributed by atoms with van der Waals surface area (Å²) in [4.78, 5) is 23.2. The minimum Gasteiger partial charge on any atom is -0.492 e. The van der Waals surface area contributed by atoms with E-state index in [0.717, 1.165) is 5.56 Å². The van der Waals surface area contributed by atoms with Crippen LogP contribution in [0.3, 0.4) is 0 Å². The molecule has 1 heterocycles. The summed E-state index contributed by atoms with van der Waals surface area (Å²) >= 11 is 5.89. The standard InChI is InChI=1S/C12H11ClO4/c1-2-16-12(15)10(14)9-6-8(13)5-7-3-4-17-11(7)9/h5-6H,2-4H2,1H3. The number of rotatable bonds is 3. The summed E-state index contributed by atoms with van der Waals surface area (Å²) in [6.07, 6.45) is 0.693. The van der Waals surface area contributed by atoms with Gasteiger partial charge in [-0.05, 0) is 24.6 Å². The van der Waals surface area contributed by atoms with Crippen LogP contribution in [0.1, 0.15) is 22.8 Å². The lowest BCUT2D eigenvalue weighted by Crippen LogP contribution is -2.18. The molecule has 0 unspecified atom stereocenters. The SMILES string of the molecule is CCOC(=O)C(=O)c1cc(Cl)cc2c1OCC2. The van der Waals surface area contributed by atoms with Crippen molar-refractivity contribution >= 4 is 23.4 Å². The second kappa shape index (κ2) is 4.75. The van der Waals surface area contributed by atoms with Crippen molar-refractivity contribution in [3.05, 3.63) is 28.3 Å². The van der Waals surface area contributed by atoms with E-state index in [0.29, 0.717) is 23.8 Å². The molecule has 0 aromatic heterocycles. The lowest BCUT2D eigenvalue weighted by molar-refractivity contribution is -0.137. The van der Waals surface area contributed by atoms with Crippen LogP contribution in [0, 0.1) is 0 Å². The van der Waals surface area contributed by atoms with Crippen molar-refractivity contribution < 1.29 is 19.1 Å². The van der Waals surface area contributed by atoms with Gasteiger partial charge in [-0.3, -0.25) is 4.79 Å². The topological polar surface area (TPSA) is 52.6 Å². The smallest absolute Gasteiger partial charge is 0.379 e. The van der Waals surface area contributed by atoms with E-state index in [1.165, 1.54) is 6.07 Å². The maximum absolute atomic E-state index is 11.8. The Morgan fingerprint density at radius 1 is 1.47 bits per heavy atom. The van der Waals surface area contributed by atoms with Crippen molar-refractivity contribution in [2.24, 2.45) is 0 Å². The molecule has 1 aliphatic rings. The van der Waals surface area contributed by atoms with Gasteiger partial charge in [-0.2, -0.15) is 0 Å². The van der Waals surface area contributed by atoms with E-state index >= 15 is 0 Å². The van der Waals surface area contributed by atoms with Crippen LogP contribution in [-0.4, -0.2) is 25.0 Å². The van der Waals surface area contributed by atoms with Gasteiger partial charge in [0.25, 0.3) is 5.78 Å². The number of halogens is 1. The molecular formula is C12H11ClO4. The first-order valence-corrected chi connectivity index (χ1v) is 5.68. The summed E-state index contributed by atoms with van der Waals surface area (Å²) in [5, 5.41) is 0.418. The van der Waals surface area contributed by atoms with Crippen molar-refractivity contribution in [2.75, 3.05) is 13.2 Å². The number of carbonyl (C=O) groups excluding carboxylic acids is 2. The molecule has 0 N–H and O–H groups in total. The Balaban J connectivity index is 2.39. The van der Waals surface area contributed by atoms with Crippen molar-refractivity contribution in [1.82, 2.24) is 0 Å². The molecule has 0 aliphatic carbocycles. The molecule has 0 spiro atoms. The van der Waals surface area contributed by atoms with Crippen LogP contribution in [0.2, 0.25) is 5.02 Å². The number of fused-ring (bicyclic) bond motifs is 1. The summed E-state index contributed by atoms with van der Waals surface area (Å²) in [5.41, 5.74) is 1.04. The highest BCUT2D eigenvalue weighted by molar-refractivity contribution is 6.42. The molecule has 2 rings (SSSR count). The van der Waals surface area contributed by atoms with E-state index in [1.807, 2.05) is 0 Å². The third-order valence-electron chi connectivity index (χ3n) is 2.45. The monoisotopic (exact) mass is 254 g/mol. The minimum atomic E-state index is -0.882. The molecule has 0 atom stereocenters. The predicted molar refractivity (Wildman–Crippen MR) is 61.6 cm³/mol. The zero-order valence-corrected chi connectivity index (χ0v) is 10.0. The van der Waals surface area contributed by atoms with E-state index < -0.39 is 11.8 Å². The molecule has 17 heavy (non-hydrogen) atoms. The maximum Gasteiger partial charge on any atom is 0.379 e. The van der Waals surface area contributed by atoms with Crippen LogP contribution >= 0.6 is 11.6 Å². The molecule has 0 fully saturated rings. The molecule has 1 aromatic rings. The van der Waals surface area contributed by atoms with Crippen LogP contribution in [-0.2, 0) is 16.0 Å². The van der Waals surface area contributed by atoms with Crippen LogP contribution in [0.25, 0.3) is 0 Å². The lowest BCUT2D eigenvalue weighted by Gasteiger charge is -2.07. The highest BCUT2D eigenvalue weighted by Gasteiger charge is 2.26. The van der Waals surface area contributed by atoms with E-state index in [4.69, 9.17) is 16.3 Å². The van der Waals surface area contributed by atoms with E-state index in [1.54, 1.807) is 13.0 Å². The molecular weight excluding hydrogens is 244 g/mol. The molecule has 5 heteroatoms. The zero-order chi connectivity index (χ0) is 12.4. The van der Waals surface area contributed by atoms with E-state index in [-0.39, 0.29) is 12.2 Å². The number of ether oxygens (including phenoxy) is 2. The molecule has 1 aliphatic heterocycles. The van der Waals surface area contributed by atoms with Gasteiger partial charge in [0.05, 0.1) is 18.8 Å². The van der Waals surface area contributed by atoms with Gasteiger partial charge in [0.2, 0.25) is 0 Å². The van der Waals surface area contributed by atoms with Gasteiger partial charge in [0, 0.05) is 11.4 Å². The van der Waals surface area contributed by atoms with Gasteiger partial charge in [0.15, 0.2) is 0 Å². The second-order valence-corrected chi connectivity index (χ2v) is 4.03. The number of benzene rings is 1. The van der Waals surface area contributed by atoms with Crippen LogP contribution in [0.5, 0.6) is 5.75 Å². The summed E-state index contributed by atoms with van der Waals surface area (Å²) < 4.78 is 10.0. The van der Waals surface area contributed by atoms with Crippen molar-refractivity contribution in [2.45, 2.75) is 13.3 Å². The van der Waals surface area contributed by atoms with Gasteiger partial charge in [-0.1, -0.05) is 11.6 Å². The number of esters is 1. The van der Waals surface area contributed by atoms with Gasteiger partial charge < -0.3 is 9.47 Å². The Hall–Kier alpha value is -1.55. The number of carbonyl (C=O) groups is 2. The first-order valence-electron chi connectivity index (χ1n) is 5.30. The maximum atomic E-state index is 11.8. The Morgan fingerprint density at radius 3 is 2.94 bits per heavy atom. The molecule has 0 saturated heterocycles. The first-order chi connectivity index (χ1) is 8.13. The van der Waals surface area contributed by atoms with Gasteiger partial charge in [-0.25, -0.2) is 4.79 Å². The van der Waals surface area contributed by atoms with Crippen LogP contribution in [0.15, 0.2) is 12.1 Å². The molecule has 4 nitrogen and oxygen atoms in total. The van der Waals surface area contributed by atoms with Gasteiger partial charge in [-0.15, -0.1) is 0 Å². The first kappa shape index (κ1) is 11.9. The van der Waals surface area contributed by atoms with Crippen LogP contribution < -0.4 is 4.74 Å². The highest BCUT2D eigenvalue weighted by atomic mass is 35.5. The molecule has 0 amide bonds. The van der Waals surface area contributed by atoms with E-state index in [2.05, 4.69) is 4.74 Å². The molecule has 0 radical (unpaired) electrons. The van der Waals surface area contributed by atoms with E-state index in [9.17, 15) is 9.59 Å². The molecule has 90 valence electrons. The Kier molecular flexibility index (Phi) is 3.33. The predicted octanol–water partition coefficient (Wildman–Crippen LogP) is 2.02. The quantitative estimate of drug-likeness (QED) is 0.470. The largest absolute Gasteiger partial charge is 0.492 e. The highest BCUT2D eigenvalue weighted by Crippen LogP contribution is 2.33. The summed E-state index contributed by atoms with van der Waals surface area (Å²) in [5.74, 6) is -1.15. The molecule has 1 aromatic carbocycles. The summed E-state index contributed by atoms with van der Waals surface area (Å²) in [7, 11) is 0. The Morgan fingerprint density at radius 2 is 2.24 bits per heavy atom. The normalized spacial score (nSPS) is 12.8. The summed E-state index contributed by atoms with van der Waals surface area (Å²) in [6, 6.07) is 3.18. The number of hydrogen-bond acceptors (Lipinski definition) is 4. The number of hydrogen-bond donors (Lipinski definition) is 0. The average molecular weight is 255 g/mol. The van der Waals surface area contributed by atoms with Crippen molar-refractivity contribution in [1.29, 1.82) is 0 Å². The third kappa shape index (κ3) is 2.26. The summed E-state index contributed by atoms with van der Waals surface area (Å²) in [6.45, 7) is 2.30. The number of ketones is 1. The fourth-order valence-corrected chi connectivity index (χ4v) is 1.99. The molecule has 0 bridgehead atoms. The Labute approximate surface area is 103 Å². The minimum absolute atomic E-state index is 0.161. The fraction of sp³-hybridized carbons (Fsp3) is 0.333. The van der Waals surface area contributed by atoms with Crippen LogP contribution in [0.4, 0.5) is 0 Å². The zero-order valence-electron chi connectivity index (χ0n) is 9.29. The van der Waals surface area contributed by atoms with Crippen molar-refractivity contribution in [3.63, 3.8) is 0 Å². The Bertz CT molecular complexity index is 482.